The van der Waals surface area contributed by atoms with E-state index < -0.39 is 47.8 Å². The minimum Gasteiger partial charge on any atom is -0.481 e. The zero-order valence-corrected chi connectivity index (χ0v) is 15.5. The van der Waals surface area contributed by atoms with Crippen LogP contribution in [0.4, 0.5) is 0 Å². The summed E-state index contributed by atoms with van der Waals surface area (Å²) in [6, 6.07) is 7.76. The first-order valence-corrected chi connectivity index (χ1v) is 8.34. The Morgan fingerprint density at radius 2 is 1.78 bits per heavy atom. The normalized spacial score (nSPS) is 14.0. The van der Waals surface area contributed by atoms with Gasteiger partial charge in [0.25, 0.3) is 5.91 Å². The fourth-order valence-electron chi connectivity index (χ4n) is 2.26. The van der Waals surface area contributed by atoms with Crippen molar-refractivity contribution in [3.05, 3.63) is 35.9 Å². The van der Waals surface area contributed by atoms with Crippen LogP contribution in [0.1, 0.15) is 25.8 Å². The van der Waals surface area contributed by atoms with Crippen molar-refractivity contribution in [1.29, 1.82) is 0 Å². The Balaban J connectivity index is 3.04. The highest BCUT2D eigenvalue weighted by Crippen LogP contribution is 2.10. The van der Waals surface area contributed by atoms with Crippen LogP contribution in [0.25, 0.3) is 0 Å². The number of esters is 1. The predicted molar refractivity (Wildman–Crippen MR) is 96.2 cm³/mol. The van der Waals surface area contributed by atoms with Crippen molar-refractivity contribution < 1.29 is 29.0 Å². The molecule has 0 bridgehead atoms. The standard InChI is InChI=1S/C18H25N3O6/c1-11(2)15(24)21-18(19,10-14(22)23)17(26)20-13(16(25)27-3)9-12-7-5-4-6-8-12/h4-8,11,13H,9-10,19H2,1-3H3,(H,20,26)(H,21,24)(H,22,23)/t13-,18-/m0/s1. The van der Waals surface area contributed by atoms with Crippen LogP contribution in [0.2, 0.25) is 0 Å². The Kier molecular flexibility index (Phi) is 7.92. The fraction of sp³-hybridized carbons (Fsp3) is 0.444. The van der Waals surface area contributed by atoms with E-state index in [4.69, 9.17) is 15.6 Å². The number of carboxylic acid groups (broad SMARTS) is 1. The maximum absolute atomic E-state index is 12.7. The highest BCUT2D eigenvalue weighted by atomic mass is 16.5. The van der Waals surface area contributed by atoms with Gasteiger partial charge in [-0.2, -0.15) is 0 Å². The number of hydrogen-bond donors (Lipinski definition) is 4. The van der Waals surface area contributed by atoms with Crippen LogP contribution in [0.5, 0.6) is 0 Å². The molecule has 0 unspecified atom stereocenters. The first kappa shape index (κ1) is 22.1. The third kappa shape index (κ3) is 6.70. The van der Waals surface area contributed by atoms with E-state index in [-0.39, 0.29) is 6.42 Å². The largest absolute Gasteiger partial charge is 0.481 e. The molecule has 9 nitrogen and oxygen atoms in total. The number of ether oxygens (including phenoxy) is 1. The molecule has 1 aromatic carbocycles. The second-order valence-corrected chi connectivity index (χ2v) is 6.42. The molecule has 1 aromatic rings. The van der Waals surface area contributed by atoms with Gasteiger partial charge in [-0.1, -0.05) is 44.2 Å². The van der Waals surface area contributed by atoms with Crippen molar-refractivity contribution in [3.8, 4) is 0 Å². The second kappa shape index (κ2) is 9.67. The van der Waals surface area contributed by atoms with Gasteiger partial charge in [-0.3, -0.25) is 14.4 Å². The molecule has 27 heavy (non-hydrogen) atoms. The maximum Gasteiger partial charge on any atom is 0.328 e. The molecule has 0 aliphatic heterocycles. The van der Waals surface area contributed by atoms with Gasteiger partial charge < -0.3 is 26.2 Å². The van der Waals surface area contributed by atoms with E-state index in [1.807, 2.05) is 0 Å². The van der Waals surface area contributed by atoms with Crippen molar-refractivity contribution in [2.75, 3.05) is 7.11 Å². The summed E-state index contributed by atoms with van der Waals surface area (Å²) in [6.07, 6.45) is -0.739. The molecular formula is C18H25N3O6. The molecule has 148 valence electrons. The lowest BCUT2D eigenvalue weighted by Crippen LogP contribution is -2.68. The van der Waals surface area contributed by atoms with Gasteiger partial charge in [0.1, 0.15) is 6.04 Å². The first-order valence-electron chi connectivity index (χ1n) is 8.34. The van der Waals surface area contributed by atoms with Gasteiger partial charge in [0.05, 0.1) is 13.5 Å². The summed E-state index contributed by atoms with van der Waals surface area (Å²) in [5, 5.41) is 13.7. The number of carbonyl (C=O) groups excluding carboxylic acids is 3. The molecule has 0 saturated heterocycles. The number of methoxy groups -OCH3 is 1. The smallest absolute Gasteiger partial charge is 0.328 e. The van der Waals surface area contributed by atoms with Crippen LogP contribution in [0.15, 0.2) is 30.3 Å². The molecule has 9 heteroatoms. The third-order valence-corrected chi connectivity index (χ3v) is 3.78. The molecular weight excluding hydrogens is 354 g/mol. The zero-order chi connectivity index (χ0) is 20.6. The van der Waals surface area contributed by atoms with Gasteiger partial charge in [-0.15, -0.1) is 0 Å². The maximum atomic E-state index is 12.7. The van der Waals surface area contributed by atoms with Crippen molar-refractivity contribution in [1.82, 2.24) is 10.6 Å². The molecule has 0 aliphatic carbocycles. The van der Waals surface area contributed by atoms with E-state index in [1.165, 1.54) is 7.11 Å². The van der Waals surface area contributed by atoms with Gasteiger partial charge in [0.15, 0.2) is 5.66 Å². The number of benzene rings is 1. The molecule has 2 amide bonds. The summed E-state index contributed by atoms with van der Waals surface area (Å²) in [5.41, 5.74) is 4.43. The summed E-state index contributed by atoms with van der Waals surface area (Å²) in [5.74, 6) is -4.21. The number of rotatable bonds is 9. The average Bonchev–Trinajstić information content (AvgIpc) is 2.60. The van der Waals surface area contributed by atoms with Gasteiger partial charge >= 0.3 is 11.9 Å². The monoisotopic (exact) mass is 379 g/mol. The molecule has 1 rings (SSSR count). The van der Waals surface area contributed by atoms with Crippen LogP contribution in [-0.4, -0.2) is 47.7 Å². The fourth-order valence-corrected chi connectivity index (χ4v) is 2.26. The Morgan fingerprint density at radius 1 is 1.19 bits per heavy atom. The van der Waals surface area contributed by atoms with Crippen LogP contribution >= 0.6 is 0 Å². The molecule has 0 radical (unpaired) electrons. The quantitative estimate of drug-likeness (QED) is 0.343. The van der Waals surface area contributed by atoms with Crippen LogP contribution < -0.4 is 16.4 Å². The van der Waals surface area contributed by atoms with E-state index in [1.54, 1.807) is 44.2 Å². The summed E-state index contributed by atoms with van der Waals surface area (Å²) in [6.45, 7) is 3.14. The lowest BCUT2D eigenvalue weighted by molar-refractivity contribution is -0.148. The minimum atomic E-state index is -2.21. The first-order chi connectivity index (χ1) is 12.6. The number of aliphatic carboxylic acids is 1. The van der Waals surface area contributed by atoms with Crippen molar-refractivity contribution in [2.45, 2.75) is 38.4 Å². The lowest BCUT2D eigenvalue weighted by atomic mass is 10.0. The molecule has 5 N–H and O–H groups in total. The van der Waals surface area contributed by atoms with Gasteiger partial charge in [0.2, 0.25) is 5.91 Å². The Bertz CT molecular complexity index is 692. The number of carbonyl (C=O) groups is 4. The third-order valence-electron chi connectivity index (χ3n) is 3.78. The molecule has 0 heterocycles. The molecule has 0 aromatic heterocycles. The number of carboxylic acids is 1. The second-order valence-electron chi connectivity index (χ2n) is 6.42. The van der Waals surface area contributed by atoms with Gasteiger partial charge in [-0.05, 0) is 5.56 Å². The van der Waals surface area contributed by atoms with E-state index in [0.717, 1.165) is 5.56 Å². The van der Waals surface area contributed by atoms with Crippen molar-refractivity contribution in [2.24, 2.45) is 11.7 Å². The van der Waals surface area contributed by atoms with Gasteiger partial charge in [0, 0.05) is 12.3 Å². The Labute approximate surface area is 157 Å². The highest BCUT2D eigenvalue weighted by Gasteiger charge is 2.40. The van der Waals surface area contributed by atoms with E-state index in [9.17, 15) is 19.2 Å². The van der Waals surface area contributed by atoms with Crippen LogP contribution in [0.3, 0.4) is 0 Å². The molecule has 0 fully saturated rings. The number of amides is 2. The number of nitrogens with one attached hydrogen (secondary N) is 2. The Hall–Kier alpha value is -2.94. The average molecular weight is 379 g/mol. The highest BCUT2D eigenvalue weighted by molar-refractivity contribution is 5.96. The van der Waals surface area contributed by atoms with E-state index >= 15 is 0 Å². The topological polar surface area (TPSA) is 148 Å². The lowest BCUT2D eigenvalue weighted by Gasteiger charge is -2.30. The summed E-state index contributed by atoms with van der Waals surface area (Å²) in [7, 11) is 1.17. The minimum absolute atomic E-state index is 0.112. The van der Waals surface area contributed by atoms with E-state index in [2.05, 4.69) is 10.6 Å². The summed E-state index contributed by atoms with van der Waals surface area (Å²) < 4.78 is 4.70. The summed E-state index contributed by atoms with van der Waals surface area (Å²) >= 11 is 0. The van der Waals surface area contributed by atoms with Crippen molar-refractivity contribution >= 4 is 23.8 Å². The van der Waals surface area contributed by atoms with Crippen molar-refractivity contribution in [3.63, 3.8) is 0 Å². The molecule has 0 spiro atoms. The molecule has 0 aliphatic rings. The molecule has 0 saturated carbocycles. The van der Waals surface area contributed by atoms with Crippen LogP contribution in [-0.2, 0) is 30.3 Å². The molecule has 2 atom stereocenters. The SMILES string of the molecule is COC(=O)[C@H](Cc1ccccc1)NC(=O)[C@](N)(CC(=O)O)NC(=O)C(C)C. The zero-order valence-electron chi connectivity index (χ0n) is 15.5. The predicted octanol–water partition coefficient (Wildman–Crippen LogP) is -0.211. The van der Waals surface area contributed by atoms with Crippen LogP contribution in [0, 0.1) is 5.92 Å². The van der Waals surface area contributed by atoms with E-state index in [0.29, 0.717) is 0 Å². The Morgan fingerprint density at radius 3 is 2.26 bits per heavy atom. The number of nitrogens with two attached hydrogens (primary N) is 1. The number of hydrogen-bond acceptors (Lipinski definition) is 6. The van der Waals surface area contributed by atoms with Gasteiger partial charge in [-0.25, -0.2) is 4.79 Å². The summed E-state index contributed by atoms with van der Waals surface area (Å²) in [4.78, 5) is 47.8.